The molecule has 0 heterocycles. The zero-order chi connectivity index (χ0) is 27.8. The molecule has 36 heavy (non-hydrogen) atoms. The number of nitrogens with one attached hydrogen (secondary N) is 3. The summed E-state index contributed by atoms with van der Waals surface area (Å²) in [4.78, 5) is 64.2. The van der Waals surface area contributed by atoms with Crippen LogP contribution in [0.1, 0.15) is 45.4 Å². The predicted molar refractivity (Wildman–Crippen MR) is 130 cm³/mol. The molecule has 0 aromatic carbocycles. The molecule has 0 saturated carbocycles. The van der Waals surface area contributed by atoms with E-state index < -0.39 is 66.3 Å². The molecule has 0 aromatic heterocycles. The Morgan fingerprint density at radius 2 is 1.47 bits per heavy atom. The van der Waals surface area contributed by atoms with Crippen LogP contribution in [-0.4, -0.2) is 89.1 Å². The standard InChI is InChI=1S/C20H39N9O7/c1-10(30)15(18(34)28-13(19(35)36)9-14(23)31)29-17(33)12(6-4-8-26-20(24)25)27-16(32)11(22)5-2-3-7-21/h10-13,15,30H,2-9,21-22H2,1H3,(H2,23,31)(H,27,32)(H,28,34)(H,29,33)(H,35,36)(H4,24,25,26). The number of guanidine groups is 1. The van der Waals surface area contributed by atoms with Gasteiger partial charge in [-0.2, -0.15) is 0 Å². The summed E-state index contributed by atoms with van der Waals surface area (Å²) in [6, 6.07) is -5.37. The first-order valence-corrected chi connectivity index (χ1v) is 11.4. The van der Waals surface area contributed by atoms with Gasteiger partial charge in [-0.1, -0.05) is 6.42 Å². The Hall–Kier alpha value is -3.50. The molecular weight excluding hydrogens is 478 g/mol. The summed E-state index contributed by atoms with van der Waals surface area (Å²) in [6.45, 7) is 1.78. The topological polar surface area (TPSA) is 304 Å². The lowest BCUT2D eigenvalue weighted by Gasteiger charge is -2.26. The first kappa shape index (κ1) is 32.5. The van der Waals surface area contributed by atoms with Gasteiger partial charge in [-0.15, -0.1) is 0 Å². The number of nitrogens with two attached hydrogens (primary N) is 5. The fourth-order valence-corrected chi connectivity index (χ4v) is 3.01. The maximum Gasteiger partial charge on any atom is 0.326 e. The number of rotatable bonds is 18. The van der Waals surface area contributed by atoms with E-state index in [1.165, 1.54) is 6.92 Å². The molecule has 0 aliphatic heterocycles. The zero-order valence-corrected chi connectivity index (χ0v) is 20.3. The van der Waals surface area contributed by atoms with Crippen LogP contribution in [0.3, 0.4) is 0 Å². The number of aliphatic carboxylic acids is 1. The van der Waals surface area contributed by atoms with Gasteiger partial charge in [0.15, 0.2) is 5.96 Å². The minimum absolute atomic E-state index is 0.0530. The summed E-state index contributed by atoms with van der Waals surface area (Å²) in [7, 11) is 0. The number of carboxylic acids is 1. The van der Waals surface area contributed by atoms with Crippen molar-refractivity contribution in [3.8, 4) is 0 Å². The molecule has 16 heteroatoms. The van der Waals surface area contributed by atoms with Crippen molar-refractivity contribution in [3.05, 3.63) is 0 Å². The van der Waals surface area contributed by atoms with Crippen molar-refractivity contribution in [2.45, 2.75) is 75.7 Å². The monoisotopic (exact) mass is 517 g/mol. The molecule has 5 unspecified atom stereocenters. The van der Waals surface area contributed by atoms with E-state index in [0.29, 0.717) is 25.8 Å². The van der Waals surface area contributed by atoms with E-state index in [9.17, 15) is 34.2 Å². The lowest BCUT2D eigenvalue weighted by atomic mass is 10.1. The highest BCUT2D eigenvalue weighted by atomic mass is 16.4. The number of carboxylic acid groups (broad SMARTS) is 1. The highest BCUT2D eigenvalue weighted by Gasteiger charge is 2.33. The largest absolute Gasteiger partial charge is 0.480 e. The van der Waals surface area contributed by atoms with Gasteiger partial charge >= 0.3 is 5.97 Å². The minimum atomic E-state index is -1.67. The van der Waals surface area contributed by atoms with E-state index >= 15 is 0 Å². The van der Waals surface area contributed by atoms with E-state index in [4.69, 9.17) is 28.7 Å². The number of unbranched alkanes of at least 4 members (excludes halogenated alkanes) is 1. The van der Waals surface area contributed by atoms with E-state index in [0.717, 1.165) is 0 Å². The van der Waals surface area contributed by atoms with Crippen molar-refractivity contribution in [1.82, 2.24) is 16.0 Å². The van der Waals surface area contributed by atoms with Crippen LogP contribution in [0.5, 0.6) is 0 Å². The number of aliphatic hydroxyl groups excluding tert-OH is 1. The van der Waals surface area contributed by atoms with Crippen LogP contribution in [0.2, 0.25) is 0 Å². The maximum absolute atomic E-state index is 13.0. The van der Waals surface area contributed by atoms with Crippen molar-refractivity contribution in [3.63, 3.8) is 0 Å². The maximum atomic E-state index is 13.0. The normalized spacial score (nSPS) is 14.9. The third-order valence-electron chi connectivity index (χ3n) is 4.97. The van der Waals surface area contributed by atoms with Crippen LogP contribution >= 0.6 is 0 Å². The van der Waals surface area contributed by atoms with Gasteiger partial charge in [0.1, 0.15) is 18.1 Å². The highest BCUT2D eigenvalue weighted by molar-refractivity contribution is 5.95. The quantitative estimate of drug-likeness (QED) is 0.0467. The van der Waals surface area contributed by atoms with Gasteiger partial charge in [-0.3, -0.25) is 24.2 Å². The lowest BCUT2D eigenvalue weighted by Crippen LogP contribution is -2.60. The number of carbonyl (C=O) groups excluding carboxylic acids is 4. The molecule has 15 N–H and O–H groups in total. The van der Waals surface area contributed by atoms with Gasteiger partial charge in [0.25, 0.3) is 0 Å². The molecule has 0 bridgehead atoms. The smallest absolute Gasteiger partial charge is 0.326 e. The van der Waals surface area contributed by atoms with E-state index in [1.54, 1.807) is 0 Å². The van der Waals surface area contributed by atoms with Crippen molar-refractivity contribution < 1.29 is 34.2 Å². The Morgan fingerprint density at radius 3 is 1.97 bits per heavy atom. The number of aliphatic hydroxyl groups is 1. The Kier molecular flexibility index (Phi) is 15.4. The van der Waals surface area contributed by atoms with Crippen molar-refractivity contribution in [2.24, 2.45) is 33.7 Å². The first-order valence-electron chi connectivity index (χ1n) is 11.4. The number of hydrogen-bond donors (Lipinski definition) is 10. The molecule has 5 atom stereocenters. The number of hydrogen-bond acceptors (Lipinski definition) is 9. The Bertz CT molecular complexity index is 787. The molecule has 0 saturated heterocycles. The molecule has 0 rings (SSSR count). The summed E-state index contributed by atoms with van der Waals surface area (Å²) in [5.74, 6) is -5.20. The summed E-state index contributed by atoms with van der Waals surface area (Å²) in [5, 5.41) is 26.1. The van der Waals surface area contributed by atoms with Crippen LogP contribution < -0.4 is 44.6 Å². The van der Waals surface area contributed by atoms with E-state index in [2.05, 4.69) is 15.6 Å². The van der Waals surface area contributed by atoms with Crippen molar-refractivity contribution in [2.75, 3.05) is 13.1 Å². The Labute approximate surface area is 208 Å². The molecule has 0 fully saturated rings. The number of aliphatic imine (C=N–C) groups is 1. The molecule has 0 spiro atoms. The minimum Gasteiger partial charge on any atom is -0.480 e. The molecular formula is C20H39N9O7. The highest BCUT2D eigenvalue weighted by Crippen LogP contribution is 2.05. The first-order chi connectivity index (χ1) is 16.8. The third kappa shape index (κ3) is 13.4. The van der Waals surface area contributed by atoms with Crippen molar-refractivity contribution >= 4 is 35.6 Å². The van der Waals surface area contributed by atoms with Crippen LogP contribution in [0.25, 0.3) is 0 Å². The predicted octanol–water partition coefficient (Wildman–Crippen LogP) is -4.71. The van der Waals surface area contributed by atoms with Gasteiger partial charge in [-0.05, 0) is 39.2 Å². The van der Waals surface area contributed by atoms with Crippen LogP contribution in [-0.2, 0) is 24.0 Å². The van der Waals surface area contributed by atoms with Gasteiger partial charge in [0.2, 0.25) is 23.6 Å². The number of carbonyl (C=O) groups is 5. The number of primary amides is 1. The summed E-state index contributed by atoms with van der Waals surface area (Å²) < 4.78 is 0. The third-order valence-corrected chi connectivity index (χ3v) is 4.97. The molecule has 0 aliphatic rings. The van der Waals surface area contributed by atoms with Crippen LogP contribution in [0.4, 0.5) is 0 Å². The van der Waals surface area contributed by atoms with Gasteiger partial charge in [-0.25, -0.2) is 4.79 Å². The summed E-state index contributed by atoms with van der Waals surface area (Å²) >= 11 is 0. The molecule has 0 radical (unpaired) electrons. The Balaban J connectivity index is 5.50. The Morgan fingerprint density at radius 1 is 0.861 bits per heavy atom. The molecule has 206 valence electrons. The fraction of sp³-hybridized carbons (Fsp3) is 0.700. The van der Waals surface area contributed by atoms with Crippen molar-refractivity contribution in [1.29, 1.82) is 0 Å². The average Bonchev–Trinajstić information content (AvgIpc) is 2.77. The lowest BCUT2D eigenvalue weighted by molar-refractivity contribution is -0.144. The van der Waals surface area contributed by atoms with E-state index in [1.807, 2.05) is 5.32 Å². The second kappa shape index (κ2) is 17.0. The SMILES string of the molecule is CC(O)C(NC(=O)C(CCCN=C(N)N)NC(=O)C(N)CCCCN)C(=O)NC(CC(N)=O)C(=O)O. The van der Waals surface area contributed by atoms with Gasteiger partial charge in [0.05, 0.1) is 18.6 Å². The molecule has 0 aliphatic carbocycles. The number of amides is 4. The van der Waals surface area contributed by atoms with Gasteiger partial charge < -0.3 is 54.8 Å². The van der Waals surface area contributed by atoms with Crippen LogP contribution in [0, 0.1) is 0 Å². The van der Waals surface area contributed by atoms with Gasteiger partial charge in [0, 0.05) is 6.54 Å². The molecule has 4 amide bonds. The molecule has 0 aromatic rings. The molecule has 16 nitrogen and oxygen atoms in total. The summed E-state index contributed by atoms with van der Waals surface area (Å²) in [5.41, 5.74) is 26.9. The van der Waals surface area contributed by atoms with E-state index in [-0.39, 0.29) is 25.3 Å². The number of nitrogens with zero attached hydrogens (tertiary/aromatic N) is 1. The fourth-order valence-electron chi connectivity index (χ4n) is 3.01. The zero-order valence-electron chi connectivity index (χ0n) is 20.3. The average molecular weight is 518 g/mol. The second-order valence-electron chi connectivity index (χ2n) is 8.20. The second-order valence-corrected chi connectivity index (χ2v) is 8.20. The van der Waals surface area contributed by atoms with Crippen LogP contribution in [0.15, 0.2) is 4.99 Å². The summed E-state index contributed by atoms with van der Waals surface area (Å²) in [6.07, 6.45) is -0.239.